The van der Waals surface area contributed by atoms with Crippen LogP contribution in [-0.4, -0.2) is 52.2 Å². The number of anilines is 1. The smallest absolute Gasteiger partial charge is 0.227 e. The van der Waals surface area contributed by atoms with Crippen LogP contribution >= 0.6 is 0 Å². The molecule has 1 amide bonds. The van der Waals surface area contributed by atoms with E-state index in [2.05, 4.69) is 20.1 Å². The van der Waals surface area contributed by atoms with Crippen LogP contribution in [0.4, 0.5) is 5.82 Å². The number of carbonyl (C=O) groups excluding carboxylic acids is 1. The van der Waals surface area contributed by atoms with Crippen molar-refractivity contribution in [3.05, 3.63) is 72.6 Å². The van der Waals surface area contributed by atoms with Gasteiger partial charge in [-0.2, -0.15) is 0 Å². The van der Waals surface area contributed by atoms with Crippen LogP contribution in [0.5, 0.6) is 0 Å². The second-order valence-corrected chi connectivity index (χ2v) is 6.55. The van der Waals surface area contributed by atoms with E-state index in [1.807, 2.05) is 59.5 Å². The zero-order valence-corrected chi connectivity index (χ0v) is 15.0. The Morgan fingerprint density at radius 2 is 1.70 bits per heavy atom. The molecule has 0 bridgehead atoms. The van der Waals surface area contributed by atoms with Crippen LogP contribution in [0.2, 0.25) is 0 Å². The molecule has 3 aromatic rings. The topological polar surface area (TPSA) is 62.2 Å². The number of benzene rings is 1. The van der Waals surface area contributed by atoms with E-state index in [9.17, 15) is 4.79 Å². The third-order valence-corrected chi connectivity index (χ3v) is 4.76. The van der Waals surface area contributed by atoms with Crippen molar-refractivity contribution in [3.63, 3.8) is 0 Å². The first kappa shape index (κ1) is 17.1. The Bertz CT molecular complexity index is 875. The summed E-state index contributed by atoms with van der Waals surface area (Å²) in [6.07, 6.45) is 3.98. The lowest BCUT2D eigenvalue weighted by atomic mass is 10.1. The van der Waals surface area contributed by atoms with Crippen molar-refractivity contribution >= 4 is 11.7 Å². The molecule has 1 aliphatic rings. The van der Waals surface area contributed by atoms with Gasteiger partial charge in [0.15, 0.2) is 5.82 Å². The van der Waals surface area contributed by atoms with Crippen molar-refractivity contribution in [3.8, 4) is 11.3 Å². The number of carbonyl (C=O) groups is 1. The molecule has 0 radical (unpaired) electrons. The predicted molar refractivity (Wildman–Crippen MR) is 104 cm³/mol. The molecule has 0 atom stereocenters. The van der Waals surface area contributed by atoms with Gasteiger partial charge in [0.2, 0.25) is 5.91 Å². The first-order valence-electron chi connectivity index (χ1n) is 9.10. The van der Waals surface area contributed by atoms with Crippen LogP contribution in [0, 0.1) is 0 Å². The predicted octanol–water partition coefficient (Wildman–Crippen LogP) is 2.43. The highest BCUT2D eigenvalue weighted by molar-refractivity contribution is 5.79. The number of hydrogen-bond acceptors (Lipinski definition) is 5. The highest BCUT2D eigenvalue weighted by Crippen LogP contribution is 2.18. The lowest BCUT2D eigenvalue weighted by molar-refractivity contribution is -0.130. The molecule has 3 heterocycles. The summed E-state index contributed by atoms with van der Waals surface area (Å²) in [7, 11) is 0. The molecule has 6 nitrogen and oxygen atoms in total. The summed E-state index contributed by atoms with van der Waals surface area (Å²) in [5.41, 5.74) is 2.82. The summed E-state index contributed by atoms with van der Waals surface area (Å²) in [6.45, 7) is 2.94. The van der Waals surface area contributed by atoms with Gasteiger partial charge in [-0.15, -0.1) is 10.2 Å². The maximum absolute atomic E-state index is 12.5. The monoisotopic (exact) mass is 359 g/mol. The molecule has 0 N–H and O–H groups in total. The molecule has 0 spiro atoms. The van der Waals surface area contributed by atoms with Crippen LogP contribution in [-0.2, 0) is 11.2 Å². The van der Waals surface area contributed by atoms with Crippen molar-refractivity contribution in [1.29, 1.82) is 0 Å². The molecule has 0 saturated carbocycles. The van der Waals surface area contributed by atoms with E-state index >= 15 is 0 Å². The first-order valence-corrected chi connectivity index (χ1v) is 9.10. The molecule has 4 rings (SSSR count). The van der Waals surface area contributed by atoms with Gasteiger partial charge in [0, 0.05) is 44.1 Å². The van der Waals surface area contributed by atoms with Gasteiger partial charge in [-0.05, 0) is 29.8 Å². The minimum absolute atomic E-state index is 0.179. The maximum atomic E-state index is 12.5. The first-order chi connectivity index (χ1) is 13.3. The van der Waals surface area contributed by atoms with E-state index in [0.717, 1.165) is 35.7 Å². The second kappa shape index (κ2) is 7.95. The molecular formula is C21H21N5O. The van der Waals surface area contributed by atoms with Crippen LogP contribution in [0.3, 0.4) is 0 Å². The van der Waals surface area contributed by atoms with Gasteiger partial charge in [-0.1, -0.05) is 30.3 Å². The fourth-order valence-electron chi connectivity index (χ4n) is 3.23. The summed E-state index contributed by atoms with van der Waals surface area (Å²) < 4.78 is 0. The van der Waals surface area contributed by atoms with Crippen LogP contribution < -0.4 is 4.90 Å². The van der Waals surface area contributed by atoms with Crippen molar-refractivity contribution in [2.45, 2.75) is 6.42 Å². The summed E-state index contributed by atoms with van der Waals surface area (Å²) in [5.74, 6) is 1.02. The summed E-state index contributed by atoms with van der Waals surface area (Å²) >= 11 is 0. The third-order valence-electron chi connectivity index (χ3n) is 4.76. The van der Waals surface area contributed by atoms with Gasteiger partial charge in [-0.25, -0.2) is 0 Å². The van der Waals surface area contributed by atoms with Crippen molar-refractivity contribution < 1.29 is 4.79 Å². The van der Waals surface area contributed by atoms with Gasteiger partial charge in [0.1, 0.15) is 0 Å². The fourth-order valence-corrected chi connectivity index (χ4v) is 3.23. The lowest BCUT2D eigenvalue weighted by Crippen LogP contribution is -2.49. The molecule has 1 saturated heterocycles. The minimum atomic E-state index is 0.179. The van der Waals surface area contributed by atoms with Crippen molar-refractivity contribution in [2.75, 3.05) is 31.1 Å². The highest BCUT2D eigenvalue weighted by Gasteiger charge is 2.22. The Hall–Kier alpha value is -3.28. The summed E-state index contributed by atoms with van der Waals surface area (Å²) in [4.78, 5) is 20.7. The number of rotatable bonds is 4. The molecule has 1 aromatic carbocycles. The second-order valence-electron chi connectivity index (χ2n) is 6.55. The largest absolute Gasteiger partial charge is 0.352 e. The highest BCUT2D eigenvalue weighted by atomic mass is 16.2. The molecule has 6 heteroatoms. The Balaban J connectivity index is 1.34. The third kappa shape index (κ3) is 4.11. The molecule has 136 valence electrons. The molecule has 0 aliphatic carbocycles. The van der Waals surface area contributed by atoms with Crippen LogP contribution in [0.25, 0.3) is 11.3 Å². The average molecular weight is 359 g/mol. The van der Waals surface area contributed by atoms with Gasteiger partial charge >= 0.3 is 0 Å². The van der Waals surface area contributed by atoms with Crippen molar-refractivity contribution in [1.82, 2.24) is 20.1 Å². The zero-order chi connectivity index (χ0) is 18.5. The SMILES string of the molecule is O=C(Cc1ccccc1)N1CCN(c2ccc(-c3cccnc3)nn2)CC1. The van der Waals surface area contributed by atoms with Crippen LogP contribution in [0.15, 0.2) is 67.0 Å². The lowest BCUT2D eigenvalue weighted by Gasteiger charge is -2.35. The van der Waals surface area contributed by atoms with E-state index in [1.54, 1.807) is 12.4 Å². The molecule has 27 heavy (non-hydrogen) atoms. The van der Waals surface area contributed by atoms with E-state index in [0.29, 0.717) is 19.5 Å². The number of nitrogens with zero attached hydrogens (tertiary/aromatic N) is 5. The number of amides is 1. The van der Waals surface area contributed by atoms with Crippen molar-refractivity contribution in [2.24, 2.45) is 0 Å². The molecular weight excluding hydrogens is 338 g/mol. The van der Waals surface area contributed by atoms with E-state index in [1.165, 1.54) is 0 Å². The summed E-state index contributed by atoms with van der Waals surface area (Å²) in [6, 6.07) is 17.7. The standard InChI is InChI=1S/C21H21N5O/c27-21(15-17-5-2-1-3-6-17)26-13-11-25(12-14-26)20-9-8-19(23-24-20)18-7-4-10-22-16-18/h1-10,16H,11-15H2. The number of aromatic nitrogens is 3. The quantitative estimate of drug-likeness (QED) is 0.716. The van der Waals surface area contributed by atoms with Gasteiger partial charge < -0.3 is 9.80 Å². The average Bonchev–Trinajstić information content (AvgIpc) is 2.75. The van der Waals surface area contributed by atoms with E-state index in [-0.39, 0.29) is 5.91 Å². The van der Waals surface area contributed by atoms with Gasteiger partial charge in [0.05, 0.1) is 12.1 Å². The Labute approximate surface area is 158 Å². The van der Waals surface area contributed by atoms with Gasteiger partial charge in [0.25, 0.3) is 0 Å². The number of piperazine rings is 1. The molecule has 1 aliphatic heterocycles. The number of hydrogen-bond donors (Lipinski definition) is 0. The van der Waals surface area contributed by atoms with E-state index in [4.69, 9.17) is 0 Å². The van der Waals surface area contributed by atoms with Gasteiger partial charge in [-0.3, -0.25) is 9.78 Å². The molecule has 0 unspecified atom stereocenters. The number of pyridine rings is 1. The Morgan fingerprint density at radius 3 is 2.37 bits per heavy atom. The molecule has 2 aromatic heterocycles. The maximum Gasteiger partial charge on any atom is 0.227 e. The molecule has 1 fully saturated rings. The minimum Gasteiger partial charge on any atom is -0.352 e. The summed E-state index contributed by atoms with van der Waals surface area (Å²) in [5, 5.41) is 8.68. The Kier molecular flexibility index (Phi) is 5.05. The Morgan fingerprint density at radius 1 is 0.889 bits per heavy atom. The van der Waals surface area contributed by atoms with Crippen LogP contribution in [0.1, 0.15) is 5.56 Å². The normalized spacial score (nSPS) is 14.2. The zero-order valence-electron chi connectivity index (χ0n) is 15.0. The van der Waals surface area contributed by atoms with E-state index < -0.39 is 0 Å². The fraction of sp³-hybridized carbons (Fsp3) is 0.238.